The topological polar surface area (TPSA) is 52.0 Å². The Bertz CT molecular complexity index is 366. The van der Waals surface area contributed by atoms with E-state index in [1.165, 1.54) is 0 Å². The van der Waals surface area contributed by atoms with Gasteiger partial charge in [0, 0.05) is 24.9 Å². The van der Waals surface area contributed by atoms with E-state index in [1.54, 1.807) is 6.33 Å². The highest BCUT2D eigenvalue weighted by molar-refractivity contribution is 4.93. The van der Waals surface area contributed by atoms with Gasteiger partial charge in [0.05, 0.1) is 12.7 Å². The largest absolute Gasteiger partial charge is 0.378 e. The standard InChI is InChI=1S/C13H24N4O/c1-4-5-17-13(15-9-16-17)7-12(14-3)11-6-10(2)18-8-11/h9-12,14H,4-8H2,1-3H3. The van der Waals surface area contributed by atoms with Crippen molar-refractivity contribution in [1.29, 1.82) is 0 Å². The molecule has 18 heavy (non-hydrogen) atoms. The minimum Gasteiger partial charge on any atom is -0.378 e. The number of ether oxygens (including phenoxy) is 1. The molecule has 0 spiro atoms. The van der Waals surface area contributed by atoms with Crippen LogP contribution in [0.3, 0.4) is 0 Å². The smallest absolute Gasteiger partial charge is 0.138 e. The lowest BCUT2D eigenvalue weighted by Crippen LogP contribution is -2.37. The number of hydrogen-bond acceptors (Lipinski definition) is 4. The molecule has 1 aromatic heterocycles. The predicted octanol–water partition coefficient (Wildman–Crippen LogP) is 1.24. The van der Waals surface area contributed by atoms with Crippen LogP contribution in [0, 0.1) is 5.92 Å². The van der Waals surface area contributed by atoms with Gasteiger partial charge in [-0.05, 0) is 26.8 Å². The van der Waals surface area contributed by atoms with Crippen LogP contribution >= 0.6 is 0 Å². The molecule has 2 rings (SSSR count). The van der Waals surface area contributed by atoms with Gasteiger partial charge in [-0.25, -0.2) is 4.98 Å². The molecule has 1 N–H and O–H groups in total. The Morgan fingerprint density at radius 2 is 2.44 bits per heavy atom. The van der Waals surface area contributed by atoms with Crippen LogP contribution in [0.2, 0.25) is 0 Å². The van der Waals surface area contributed by atoms with Crippen molar-refractivity contribution in [1.82, 2.24) is 20.1 Å². The third-order valence-electron chi connectivity index (χ3n) is 3.70. The fourth-order valence-electron chi connectivity index (χ4n) is 2.68. The summed E-state index contributed by atoms with van der Waals surface area (Å²) in [6, 6.07) is 0.426. The molecule has 3 atom stereocenters. The Morgan fingerprint density at radius 3 is 3.06 bits per heavy atom. The Balaban J connectivity index is 1.99. The molecular formula is C13H24N4O. The zero-order valence-corrected chi connectivity index (χ0v) is 11.6. The van der Waals surface area contributed by atoms with Gasteiger partial charge in [0.1, 0.15) is 12.2 Å². The Labute approximate surface area is 109 Å². The summed E-state index contributed by atoms with van der Waals surface area (Å²) in [5.74, 6) is 1.66. The first-order chi connectivity index (χ1) is 8.74. The van der Waals surface area contributed by atoms with Crippen molar-refractivity contribution in [2.24, 2.45) is 5.92 Å². The van der Waals surface area contributed by atoms with Gasteiger partial charge in [-0.3, -0.25) is 4.68 Å². The Morgan fingerprint density at radius 1 is 1.61 bits per heavy atom. The molecule has 2 heterocycles. The maximum absolute atomic E-state index is 5.66. The number of nitrogens with zero attached hydrogens (tertiary/aromatic N) is 3. The molecule has 102 valence electrons. The zero-order chi connectivity index (χ0) is 13.0. The first-order valence-corrected chi connectivity index (χ1v) is 6.90. The van der Waals surface area contributed by atoms with Gasteiger partial charge in [-0.2, -0.15) is 5.10 Å². The van der Waals surface area contributed by atoms with Gasteiger partial charge in [0.2, 0.25) is 0 Å². The fourth-order valence-corrected chi connectivity index (χ4v) is 2.68. The molecular weight excluding hydrogens is 228 g/mol. The molecule has 0 amide bonds. The van der Waals surface area contributed by atoms with Gasteiger partial charge >= 0.3 is 0 Å². The van der Waals surface area contributed by atoms with Crippen molar-refractivity contribution in [3.63, 3.8) is 0 Å². The summed E-state index contributed by atoms with van der Waals surface area (Å²) in [5.41, 5.74) is 0. The van der Waals surface area contributed by atoms with E-state index in [9.17, 15) is 0 Å². The lowest BCUT2D eigenvalue weighted by molar-refractivity contribution is 0.117. The van der Waals surface area contributed by atoms with Gasteiger partial charge in [-0.15, -0.1) is 0 Å². The third kappa shape index (κ3) is 3.09. The number of hydrogen-bond donors (Lipinski definition) is 1. The van der Waals surface area contributed by atoms with Gasteiger partial charge < -0.3 is 10.1 Å². The first-order valence-electron chi connectivity index (χ1n) is 6.90. The second-order valence-electron chi connectivity index (χ2n) is 5.14. The van der Waals surface area contributed by atoms with E-state index >= 15 is 0 Å². The lowest BCUT2D eigenvalue weighted by atomic mass is 9.94. The van der Waals surface area contributed by atoms with Crippen LogP contribution in [-0.2, 0) is 17.7 Å². The second kappa shape index (κ2) is 6.29. The number of rotatable bonds is 6. The fraction of sp³-hybridized carbons (Fsp3) is 0.846. The predicted molar refractivity (Wildman–Crippen MR) is 70.4 cm³/mol. The maximum atomic E-state index is 5.66. The number of aromatic nitrogens is 3. The average molecular weight is 252 g/mol. The third-order valence-corrected chi connectivity index (χ3v) is 3.70. The molecule has 1 aromatic rings. The summed E-state index contributed by atoms with van der Waals surface area (Å²) in [5, 5.41) is 7.69. The highest BCUT2D eigenvalue weighted by Crippen LogP contribution is 2.23. The maximum Gasteiger partial charge on any atom is 0.138 e. The van der Waals surface area contributed by atoms with E-state index in [4.69, 9.17) is 4.74 Å². The number of likely N-dealkylation sites (N-methyl/N-ethyl adjacent to an activating group) is 1. The summed E-state index contributed by atoms with van der Waals surface area (Å²) >= 11 is 0. The van der Waals surface area contributed by atoms with E-state index < -0.39 is 0 Å². The van der Waals surface area contributed by atoms with Crippen molar-refractivity contribution in [2.75, 3.05) is 13.7 Å². The van der Waals surface area contributed by atoms with E-state index in [-0.39, 0.29) is 0 Å². The van der Waals surface area contributed by atoms with E-state index in [1.807, 2.05) is 11.7 Å². The van der Waals surface area contributed by atoms with Crippen LogP contribution in [0.1, 0.15) is 32.5 Å². The van der Waals surface area contributed by atoms with Crippen molar-refractivity contribution in [3.8, 4) is 0 Å². The monoisotopic (exact) mass is 252 g/mol. The van der Waals surface area contributed by atoms with Crippen LogP contribution in [0.15, 0.2) is 6.33 Å². The molecule has 1 aliphatic heterocycles. The van der Waals surface area contributed by atoms with Crippen LogP contribution in [0.4, 0.5) is 0 Å². The van der Waals surface area contributed by atoms with Crippen LogP contribution < -0.4 is 5.32 Å². The molecule has 0 bridgehead atoms. The molecule has 1 fully saturated rings. The van der Waals surface area contributed by atoms with E-state index in [2.05, 4.69) is 29.2 Å². The van der Waals surface area contributed by atoms with Gasteiger partial charge in [-0.1, -0.05) is 6.92 Å². The van der Waals surface area contributed by atoms with Crippen molar-refractivity contribution >= 4 is 0 Å². The molecule has 0 radical (unpaired) electrons. The van der Waals surface area contributed by atoms with Crippen molar-refractivity contribution in [3.05, 3.63) is 12.2 Å². The second-order valence-corrected chi connectivity index (χ2v) is 5.14. The van der Waals surface area contributed by atoms with Crippen molar-refractivity contribution in [2.45, 2.75) is 51.8 Å². The van der Waals surface area contributed by atoms with Crippen LogP contribution in [0.5, 0.6) is 0 Å². The summed E-state index contributed by atoms with van der Waals surface area (Å²) in [6.07, 6.45) is 5.19. The van der Waals surface area contributed by atoms with Crippen LogP contribution in [0.25, 0.3) is 0 Å². The molecule has 3 unspecified atom stereocenters. The minimum absolute atomic E-state index is 0.388. The SMILES string of the molecule is CCCn1ncnc1CC(NC)C1COC(C)C1. The minimum atomic E-state index is 0.388. The molecule has 5 nitrogen and oxygen atoms in total. The molecule has 0 aliphatic carbocycles. The van der Waals surface area contributed by atoms with Crippen LogP contribution in [-0.4, -0.2) is 40.6 Å². The summed E-state index contributed by atoms with van der Waals surface area (Å²) in [7, 11) is 2.02. The number of aryl methyl sites for hydroxylation is 1. The van der Waals surface area contributed by atoms with Gasteiger partial charge in [0.25, 0.3) is 0 Å². The highest BCUT2D eigenvalue weighted by atomic mass is 16.5. The molecule has 5 heteroatoms. The number of nitrogens with one attached hydrogen (secondary N) is 1. The summed E-state index contributed by atoms with van der Waals surface area (Å²) < 4.78 is 7.68. The first kappa shape index (κ1) is 13.5. The Hall–Kier alpha value is -0.940. The van der Waals surface area contributed by atoms with E-state index in [0.717, 1.165) is 38.2 Å². The summed E-state index contributed by atoms with van der Waals surface area (Å²) in [4.78, 5) is 4.38. The average Bonchev–Trinajstić information content (AvgIpc) is 2.96. The molecule has 0 aromatic carbocycles. The molecule has 1 saturated heterocycles. The van der Waals surface area contributed by atoms with Crippen molar-refractivity contribution < 1.29 is 4.74 Å². The Kier molecular flexibility index (Phi) is 4.72. The molecule has 1 aliphatic rings. The zero-order valence-electron chi connectivity index (χ0n) is 11.6. The quantitative estimate of drug-likeness (QED) is 0.827. The highest BCUT2D eigenvalue weighted by Gasteiger charge is 2.29. The summed E-state index contributed by atoms with van der Waals surface area (Å²) in [6.45, 7) is 6.11. The molecule has 0 saturated carbocycles. The van der Waals surface area contributed by atoms with Gasteiger partial charge in [0.15, 0.2) is 0 Å². The lowest BCUT2D eigenvalue weighted by Gasteiger charge is -2.21. The normalized spacial score (nSPS) is 25.5. The van der Waals surface area contributed by atoms with E-state index in [0.29, 0.717) is 18.1 Å².